The van der Waals surface area contributed by atoms with Crippen molar-refractivity contribution in [2.75, 3.05) is 11.9 Å². The van der Waals surface area contributed by atoms with E-state index in [2.05, 4.69) is 10.6 Å². The summed E-state index contributed by atoms with van der Waals surface area (Å²) in [5.74, 6) is 0. The zero-order chi connectivity index (χ0) is 15.0. The van der Waals surface area contributed by atoms with E-state index in [1.807, 2.05) is 38.1 Å². The summed E-state index contributed by atoms with van der Waals surface area (Å²) >= 11 is 0. The van der Waals surface area contributed by atoms with Crippen molar-refractivity contribution in [1.82, 2.24) is 5.32 Å². The maximum atomic E-state index is 11.6. The molecule has 1 aromatic carbocycles. The normalized spacial score (nSPS) is 12.2. The van der Waals surface area contributed by atoms with Crippen LogP contribution in [0.15, 0.2) is 24.3 Å². The molecule has 0 fully saturated rings. The van der Waals surface area contributed by atoms with E-state index in [1.165, 1.54) is 0 Å². The Morgan fingerprint density at radius 1 is 1.35 bits per heavy atom. The number of ether oxygens (including phenoxy) is 1. The zero-order valence-electron chi connectivity index (χ0n) is 12.3. The van der Waals surface area contributed by atoms with Crippen LogP contribution in [-0.2, 0) is 11.3 Å². The molecule has 0 aliphatic carbocycles. The Bertz CT molecular complexity index is 419. The number of carbonyl (C=O) groups is 1. The number of aliphatic hydroxyl groups excluding tert-OH is 1. The van der Waals surface area contributed by atoms with Gasteiger partial charge in [-0.2, -0.15) is 0 Å². The highest BCUT2D eigenvalue weighted by Crippen LogP contribution is 2.12. The molecule has 5 nitrogen and oxygen atoms in total. The van der Waals surface area contributed by atoms with Crippen molar-refractivity contribution in [3.63, 3.8) is 0 Å². The summed E-state index contributed by atoms with van der Waals surface area (Å²) in [5.41, 5.74) is 1.74. The van der Waals surface area contributed by atoms with Gasteiger partial charge >= 0.3 is 6.03 Å². The molecule has 5 heteroatoms. The van der Waals surface area contributed by atoms with Gasteiger partial charge in [0, 0.05) is 12.2 Å². The maximum absolute atomic E-state index is 11.6. The van der Waals surface area contributed by atoms with Gasteiger partial charge in [-0.3, -0.25) is 0 Å². The van der Waals surface area contributed by atoms with Crippen molar-refractivity contribution < 1.29 is 14.6 Å². The van der Waals surface area contributed by atoms with E-state index in [1.54, 1.807) is 6.92 Å². The van der Waals surface area contributed by atoms with Crippen molar-refractivity contribution in [3.05, 3.63) is 29.8 Å². The molecule has 3 N–H and O–H groups in total. The molecule has 0 radical (unpaired) electrons. The molecular formula is C15H24N2O3. The van der Waals surface area contributed by atoms with E-state index in [-0.39, 0.29) is 12.1 Å². The Hall–Kier alpha value is -1.59. The summed E-state index contributed by atoms with van der Waals surface area (Å²) in [4.78, 5) is 11.6. The van der Waals surface area contributed by atoms with Crippen molar-refractivity contribution in [2.24, 2.45) is 0 Å². The van der Waals surface area contributed by atoms with Gasteiger partial charge in [-0.05, 0) is 44.9 Å². The van der Waals surface area contributed by atoms with E-state index in [9.17, 15) is 4.79 Å². The molecule has 1 rings (SSSR count). The molecule has 1 atom stereocenters. The smallest absolute Gasteiger partial charge is 0.319 e. The second-order valence-corrected chi connectivity index (χ2v) is 5.08. The van der Waals surface area contributed by atoms with Gasteiger partial charge in [0.25, 0.3) is 0 Å². The number of aliphatic hydroxyl groups is 1. The zero-order valence-corrected chi connectivity index (χ0v) is 12.3. The van der Waals surface area contributed by atoms with Gasteiger partial charge in [-0.1, -0.05) is 12.1 Å². The quantitative estimate of drug-likeness (QED) is 0.718. The van der Waals surface area contributed by atoms with Crippen LogP contribution in [0.1, 0.15) is 32.8 Å². The number of urea groups is 1. The molecule has 0 bridgehead atoms. The van der Waals surface area contributed by atoms with Crippen LogP contribution >= 0.6 is 0 Å². The number of nitrogens with one attached hydrogen (secondary N) is 2. The molecule has 1 unspecified atom stereocenters. The highest BCUT2D eigenvalue weighted by atomic mass is 16.5. The van der Waals surface area contributed by atoms with Gasteiger partial charge in [0.2, 0.25) is 0 Å². The van der Waals surface area contributed by atoms with Crippen LogP contribution in [-0.4, -0.2) is 29.9 Å². The lowest BCUT2D eigenvalue weighted by Crippen LogP contribution is -2.30. The van der Waals surface area contributed by atoms with Gasteiger partial charge in [0.15, 0.2) is 0 Å². The Morgan fingerprint density at radius 2 is 2.10 bits per heavy atom. The largest absolute Gasteiger partial charge is 0.393 e. The van der Waals surface area contributed by atoms with Crippen LogP contribution in [0.3, 0.4) is 0 Å². The summed E-state index contributed by atoms with van der Waals surface area (Å²) < 4.78 is 5.52. The highest BCUT2D eigenvalue weighted by molar-refractivity contribution is 5.89. The summed E-state index contributed by atoms with van der Waals surface area (Å²) in [7, 11) is 0. The minimum Gasteiger partial charge on any atom is -0.393 e. The lowest BCUT2D eigenvalue weighted by molar-refractivity contribution is 0.0657. The first-order valence-electron chi connectivity index (χ1n) is 6.91. The van der Waals surface area contributed by atoms with Gasteiger partial charge in [0.05, 0.1) is 18.8 Å². The molecule has 1 aromatic rings. The number of anilines is 1. The monoisotopic (exact) mass is 280 g/mol. The lowest BCUT2D eigenvalue weighted by atomic mass is 10.2. The number of carbonyl (C=O) groups excluding carboxylic acids is 1. The Kier molecular flexibility index (Phi) is 7.04. The van der Waals surface area contributed by atoms with Crippen LogP contribution in [0.25, 0.3) is 0 Å². The van der Waals surface area contributed by atoms with Gasteiger partial charge in [-0.15, -0.1) is 0 Å². The average Bonchev–Trinajstić information content (AvgIpc) is 2.36. The fourth-order valence-electron chi connectivity index (χ4n) is 1.57. The van der Waals surface area contributed by atoms with Crippen molar-refractivity contribution in [2.45, 2.75) is 46.0 Å². The molecule has 20 heavy (non-hydrogen) atoms. The second kappa shape index (κ2) is 8.55. The summed E-state index contributed by atoms with van der Waals surface area (Å²) in [6, 6.07) is 7.28. The number of hydrogen-bond acceptors (Lipinski definition) is 3. The summed E-state index contributed by atoms with van der Waals surface area (Å²) in [5, 5.41) is 14.6. The standard InChI is InChI=1S/C15H24N2O3/c1-11(2)20-10-13-5-4-6-14(9-13)17-15(19)16-8-7-12(3)18/h4-6,9,11-12,18H,7-8,10H2,1-3H3,(H2,16,17,19). The first kappa shape index (κ1) is 16.5. The molecule has 0 spiro atoms. The fourth-order valence-corrected chi connectivity index (χ4v) is 1.57. The summed E-state index contributed by atoms with van der Waals surface area (Å²) in [6.07, 6.45) is 0.303. The number of rotatable bonds is 7. The predicted molar refractivity (Wildman–Crippen MR) is 79.7 cm³/mol. The molecule has 0 saturated heterocycles. The number of benzene rings is 1. The van der Waals surface area contributed by atoms with E-state index in [0.717, 1.165) is 11.3 Å². The van der Waals surface area contributed by atoms with Crippen LogP contribution in [0, 0.1) is 0 Å². The Morgan fingerprint density at radius 3 is 2.75 bits per heavy atom. The number of hydrogen-bond donors (Lipinski definition) is 3. The van der Waals surface area contributed by atoms with Crippen molar-refractivity contribution >= 4 is 11.7 Å². The van der Waals surface area contributed by atoms with Gasteiger partial charge in [0.1, 0.15) is 0 Å². The Labute approximate surface area is 120 Å². The first-order chi connectivity index (χ1) is 9.47. The number of amides is 2. The molecular weight excluding hydrogens is 256 g/mol. The fraction of sp³-hybridized carbons (Fsp3) is 0.533. The lowest BCUT2D eigenvalue weighted by Gasteiger charge is -2.11. The highest BCUT2D eigenvalue weighted by Gasteiger charge is 2.03. The maximum Gasteiger partial charge on any atom is 0.319 e. The molecule has 112 valence electrons. The first-order valence-corrected chi connectivity index (χ1v) is 6.91. The van der Waals surface area contributed by atoms with E-state index in [0.29, 0.717) is 19.6 Å². The van der Waals surface area contributed by atoms with Gasteiger partial charge < -0.3 is 20.5 Å². The molecule has 2 amide bonds. The molecule has 0 aliphatic heterocycles. The van der Waals surface area contributed by atoms with E-state index >= 15 is 0 Å². The van der Waals surface area contributed by atoms with Crippen LogP contribution < -0.4 is 10.6 Å². The third-order valence-corrected chi connectivity index (χ3v) is 2.62. The minimum absolute atomic E-state index is 0.176. The SMILES string of the molecule is CC(O)CCNC(=O)Nc1cccc(COC(C)C)c1. The van der Waals surface area contributed by atoms with Crippen molar-refractivity contribution in [1.29, 1.82) is 0 Å². The summed E-state index contributed by atoms with van der Waals surface area (Å²) in [6.45, 7) is 6.63. The topological polar surface area (TPSA) is 70.6 Å². The third-order valence-electron chi connectivity index (χ3n) is 2.62. The molecule has 0 heterocycles. The average molecular weight is 280 g/mol. The predicted octanol–water partition coefficient (Wildman–Crippen LogP) is 2.50. The van der Waals surface area contributed by atoms with Crippen LogP contribution in [0.2, 0.25) is 0 Å². The van der Waals surface area contributed by atoms with Crippen molar-refractivity contribution in [3.8, 4) is 0 Å². The van der Waals surface area contributed by atoms with E-state index < -0.39 is 6.10 Å². The second-order valence-electron chi connectivity index (χ2n) is 5.08. The molecule has 0 aliphatic rings. The molecule has 0 aromatic heterocycles. The third kappa shape index (κ3) is 7.11. The molecule has 0 saturated carbocycles. The van der Waals surface area contributed by atoms with Crippen LogP contribution in [0.4, 0.5) is 10.5 Å². The van der Waals surface area contributed by atoms with E-state index in [4.69, 9.17) is 9.84 Å². The minimum atomic E-state index is -0.410. The Balaban J connectivity index is 2.42. The van der Waals surface area contributed by atoms with Gasteiger partial charge in [-0.25, -0.2) is 4.79 Å². The van der Waals surface area contributed by atoms with Crippen LogP contribution in [0.5, 0.6) is 0 Å².